The van der Waals surface area contributed by atoms with Crippen molar-refractivity contribution in [3.63, 3.8) is 0 Å². The van der Waals surface area contributed by atoms with E-state index in [-0.39, 0.29) is 11.9 Å². The summed E-state index contributed by atoms with van der Waals surface area (Å²) < 4.78 is 0. The second-order valence-electron chi connectivity index (χ2n) is 5.11. The molecule has 3 rings (SSSR count). The van der Waals surface area contributed by atoms with Gasteiger partial charge in [0.1, 0.15) is 0 Å². The fourth-order valence-corrected chi connectivity index (χ4v) is 3.14. The van der Waals surface area contributed by atoms with Crippen LogP contribution in [0.2, 0.25) is 0 Å². The van der Waals surface area contributed by atoms with Crippen molar-refractivity contribution >= 4 is 5.91 Å². The topological polar surface area (TPSA) is 32.3 Å². The Bertz CT molecular complexity index is 313. The number of nitrogens with zero attached hydrogens (tertiary/aromatic N) is 1. The van der Waals surface area contributed by atoms with E-state index in [0.717, 1.165) is 18.9 Å². The van der Waals surface area contributed by atoms with Crippen LogP contribution in [0.25, 0.3) is 0 Å². The molecule has 1 amide bonds. The van der Waals surface area contributed by atoms with Crippen molar-refractivity contribution in [2.75, 3.05) is 13.6 Å². The van der Waals surface area contributed by atoms with E-state index >= 15 is 0 Å². The quantitative estimate of drug-likeness (QED) is 0.677. The van der Waals surface area contributed by atoms with E-state index in [1.165, 1.54) is 12.8 Å². The van der Waals surface area contributed by atoms with Crippen LogP contribution in [0.5, 0.6) is 0 Å². The van der Waals surface area contributed by atoms with E-state index in [1.807, 2.05) is 11.9 Å². The number of allylic oxidation sites excluding steroid dienone is 1. The molecule has 1 heterocycles. The fourth-order valence-electron chi connectivity index (χ4n) is 3.14. The zero-order valence-corrected chi connectivity index (χ0v) is 9.15. The minimum absolute atomic E-state index is 0.0925. The Kier molecular flexibility index (Phi) is 2.09. The molecular formula is C12H18N2O. The fraction of sp³-hybridized carbons (Fsp3) is 0.750. The van der Waals surface area contributed by atoms with Gasteiger partial charge in [-0.15, -0.1) is 0 Å². The first-order valence-corrected chi connectivity index (χ1v) is 5.93. The lowest BCUT2D eigenvalue weighted by Gasteiger charge is -2.41. The molecule has 1 aliphatic heterocycles. The molecule has 15 heavy (non-hydrogen) atoms. The van der Waals surface area contributed by atoms with Gasteiger partial charge < -0.3 is 10.2 Å². The zero-order valence-electron chi connectivity index (χ0n) is 9.15. The highest BCUT2D eigenvalue weighted by Crippen LogP contribution is 2.43. The minimum Gasteiger partial charge on any atom is -0.344 e. The smallest absolute Gasteiger partial charge is 0.239 e. The first-order chi connectivity index (χ1) is 7.25. The summed E-state index contributed by atoms with van der Waals surface area (Å²) in [5.41, 5.74) is 0. The van der Waals surface area contributed by atoms with Gasteiger partial charge in [-0.25, -0.2) is 0 Å². The molecule has 4 atom stereocenters. The first-order valence-electron chi connectivity index (χ1n) is 5.93. The van der Waals surface area contributed by atoms with E-state index in [4.69, 9.17) is 0 Å². The maximum atomic E-state index is 11.7. The van der Waals surface area contributed by atoms with Gasteiger partial charge >= 0.3 is 0 Å². The molecule has 1 saturated carbocycles. The van der Waals surface area contributed by atoms with E-state index in [9.17, 15) is 4.79 Å². The molecule has 3 nitrogen and oxygen atoms in total. The van der Waals surface area contributed by atoms with Gasteiger partial charge in [-0.2, -0.15) is 0 Å². The van der Waals surface area contributed by atoms with Crippen LogP contribution in [-0.2, 0) is 4.79 Å². The Morgan fingerprint density at radius 2 is 2.40 bits per heavy atom. The van der Waals surface area contributed by atoms with Gasteiger partial charge in [0.05, 0.1) is 6.04 Å². The Hall–Kier alpha value is -0.830. The van der Waals surface area contributed by atoms with Crippen LogP contribution in [-0.4, -0.2) is 36.5 Å². The Morgan fingerprint density at radius 3 is 3.07 bits per heavy atom. The highest BCUT2D eigenvalue weighted by molar-refractivity contribution is 5.83. The number of likely N-dealkylation sites (N-methyl/N-ethyl adjacent to an activating group) is 1. The predicted molar refractivity (Wildman–Crippen MR) is 58.3 cm³/mol. The van der Waals surface area contributed by atoms with Crippen LogP contribution in [0.3, 0.4) is 0 Å². The molecule has 0 spiro atoms. The SMILES string of the molecule is CN1CCC(NC2CC3CC=CC32)C1=O. The lowest BCUT2D eigenvalue weighted by molar-refractivity contribution is -0.128. The highest BCUT2D eigenvalue weighted by Gasteiger charge is 2.43. The molecule has 0 aromatic carbocycles. The third kappa shape index (κ3) is 1.41. The molecule has 4 unspecified atom stereocenters. The molecule has 1 N–H and O–H groups in total. The molecule has 0 radical (unpaired) electrons. The minimum atomic E-state index is 0.0925. The standard InChI is InChI=1S/C12H18N2O/c1-14-6-5-10(12(14)15)13-11-7-8-3-2-4-9(8)11/h2,4,8-11,13H,3,5-7H2,1H3. The third-order valence-electron chi connectivity index (χ3n) is 4.21. The number of hydrogen-bond acceptors (Lipinski definition) is 2. The van der Waals surface area contributed by atoms with Crippen LogP contribution < -0.4 is 5.32 Å². The number of fused-ring (bicyclic) bond motifs is 1. The van der Waals surface area contributed by atoms with E-state index in [0.29, 0.717) is 12.0 Å². The highest BCUT2D eigenvalue weighted by atomic mass is 16.2. The number of amides is 1. The maximum Gasteiger partial charge on any atom is 0.239 e. The summed E-state index contributed by atoms with van der Waals surface area (Å²) in [6.07, 6.45) is 8.11. The molecule has 3 heteroatoms. The van der Waals surface area contributed by atoms with Crippen molar-refractivity contribution in [3.8, 4) is 0 Å². The first kappa shape index (κ1) is 9.40. The molecule has 0 bridgehead atoms. The average molecular weight is 206 g/mol. The van der Waals surface area contributed by atoms with Gasteiger partial charge in [0.2, 0.25) is 5.91 Å². The van der Waals surface area contributed by atoms with E-state index in [1.54, 1.807) is 0 Å². The van der Waals surface area contributed by atoms with Crippen molar-refractivity contribution < 1.29 is 4.79 Å². The zero-order chi connectivity index (χ0) is 10.4. The Balaban J connectivity index is 1.58. The van der Waals surface area contributed by atoms with Crippen molar-refractivity contribution in [3.05, 3.63) is 12.2 Å². The molecular weight excluding hydrogens is 188 g/mol. The number of likely N-dealkylation sites (tertiary alicyclic amines) is 1. The molecule has 1 saturated heterocycles. The summed E-state index contributed by atoms with van der Waals surface area (Å²) in [6.45, 7) is 0.910. The van der Waals surface area contributed by atoms with Crippen molar-refractivity contribution in [2.24, 2.45) is 11.8 Å². The van der Waals surface area contributed by atoms with Crippen LogP contribution in [0, 0.1) is 11.8 Å². The summed E-state index contributed by atoms with van der Waals surface area (Å²) in [5.74, 6) is 1.86. The summed E-state index contributed by atoms with van der Waals surface area (Å²) in [4.78, 5) is 13.6. The number of nitrogens with one attached hydrogen (secondary N) is 1. The van der Waals surface area contributed by atoms with Gasteiger partial charge in [-0.3, -0.25) is 4.79 Å². The molecule has 2 aliphatic carbocycles. The Morgan fingerprint density at radius 1 is 1.53 bits per heavy atom. The molecule has 3 aliphatic rings. The number of rotatable bonds is 2. The van der Waals surface area contributed by atoms with Crippen molar-refractivity contribution in [1.29, 1.82) is 0 Å². The molecule has 2 fully saturated rings. The summed E-state index contributed by atoms with van der Waals surface area (Å²) in [7, 11) is 1.89. The maximum absolute atomic E-state index is 11.7. The van der Waals surface area contributed by atoms with Crippen LogP contribution in [0.1, 0.15) is 19.3 Å². The van der Waals surface area contributed by atoms with Crippen LogP contribution >= 0.6 is 0 Å². The average Bonchev–Trinajstić information content (AvgIpc) is 2.71. The van der Waals surface area contributed by atoms with Gasteiger partial charge in [-0.1, -0.05) is 12.2 Å². The molecule has 0 aromatic heterocycles. The van der Waals surface area contributed by atoms with Gasteiger partial charge in [0.15, 0.2) is 0 Å². The summed E-state index contributed by atoms with van der Waals surface area (Å²) in [6, 6.07) is 0.657. The largest absolute Gasteiger partial charge is 0.344 e. The molecule has 0 aromatic rings. The predicted octanol–water partition coefficient (Wildman–Crippen LogP) is 0.771. The second-order valence-corrected chi connectivity index (χ2v) is 5.11. The number of hydrogen-bond donors (Lipinski definition) is 1. The summed E-state index contributed by atoms with van der Waals surface area (Å²) >= 11 is 0. The van der Waals surface area contributed by atoms with Crippen LogP contribution in [0.15, 0.2) is 12.2 Å². The lowest BCUT2D eigenvalue weighted by atomic mass is 9.71. The van der Waals surface area contributed by atoms with Gasteiger partial charge in [0.25, 0.3) is 0 Å². The number of carbonyl (C=O) groups excluding carboxylic acids is 1. The van der Waals surface area contributed by atoms with Crippen molar-refractivity contribution in [2.45, 2.75) is 31.3 Å². The van der Waals surface area contributed by atoms with Crippen LogP contribution in [0.4, 0.5) is 0 Å². The third-order valence-corrected chi connectivity index (χ3v) is 4.21. The van der Waals surface area contributed by atoms with E-state index < -0.39 is 0 Å². The summed E-state index contributed by atoms with van der Waals surface area (Å²) in [5, 5.41) is 3.52. The lowest BCUT2D eigenvalue weighted by Crippen LogP contribution is -2.53. The molecule has 82 valence electrons. The van der Waals surface area contributed by atoms with E-state index in [2.05, 4.69) is 17.5 Å². The normalized spacial score (nSPS) is 43.3. The monoisotopic (exact) mass is 206 g/mol. The Labute approximate surface area is 90.5 Å². The van der Waals surface area contributed by atoms with Crippen molar-refractivity contribution in [1.82, 2.24) is 10.2 Å². The van der Waals surface area contributed by atoms with Gasteiger partial charge in [-0.05, 0) is 31.1 Å². The number of carbonyl (C=O) groups is 1. The van der Waals surface area contributed by atoms with Gasteiger partial charge in [0, 0.05) is 19.6 Å². The second kappa shape index (κ2) is 3.34.